The van der Waals surface area contributed by atoms with Gasteiger partial charge < -0.3 is 4.90 Å². The van der Waals surface area contributed by atoms with Gasteiger partial charge in [0.25, 0.3) is 5.78 Å². The van der Waals surface area contributed by atoms with Crippen molar-refractivity contribution >= 4 is 23.4 Å². The fourth-order valence-corrected chi connectivity index (χ4v) is 3.17. The minimum Gasteiger partial charge on any atom is -0.341 e. The van der Waals surface area contributed by atoms with Gasteiger partial charge >= 0.3 is 0 Å². The van der Waals surface area contributed by atoms with Crippen molar-refractivity contribution in [2.75, 3.05) is 12.8 Å². The molecule has 8 heteroatoms. The number of halogens is 1. The first-order valence-electron chi connectivity index (χ1n) is 7.75. The highest BCUT2D eigenvalue weighted by atomic mass is 32.2. The number of aryl methyl sites for hydroxylation is 2. The maximum atomic E-state index is 13.7. The minimum atomic E-state index is -0.311. The van der Waals surface area contributed by atoms with E-state index in [-0.39, 0.29) is 24.0 Å². The van der Waals surface area contributed by atoms with Crippen LogP contribution in [0.4, 0.5) is 4.39 Å². The molecule has 3 rings (SSSR count). The van der Waals surface area contributed by atoms with E-state index in [1.54, 1.807) is 29.8 Å². The summed E-state index contributed by atoms with van der Waals surface area (Å²) < 4.78 is 15.3. The summed E-state index contributed by atoms with van der Waals surface area (Å²) in [5.41, 5.74) is 2.30. The molecule has 2 aromatic heterocycles. The third kappa shape index (κ3) is 3.96. The number of carbonyl (C=O) groups is 1. The Morgan fingerprint density at radius 1 is 1.28 bits per heavy atom. The largest absolute Gasteiger partial charge is 0.341 e. The highest BCUT2D eigenvalue weighted by Gasteiger charge is 2.14. The lowest BCUT2D eigenvalue weighted by atomic mass is 10.2. The third-order valence-electron chi connectivity index (χ3n) is 3.71. The molecule has 3 aromatic rings. The molecule has 0 aliphatic rings. The van der Waals surface area contributed by atoms with Gasteiger partial charge in [0.1, 0.15) is 5.82 Å². The molecule has 0 saturated heterocycles. The molecular formula is C17H18FN5OS. The van der Waals surface area contributed by atoms with Gasteiger partial charge in [0.05, 0.1) is 5.75 Å². The fourth-order valence-electron chi connectivity index (χ4n) is 2.42. The summed E-state index contributed by atoms with van der Waals surface area (Å²) in [5.74, 6) is 0.272. The van der Waals surface area contributed by atoms with Gasteiger partial charge in [-0.1, -0.05) is 30.0 Å². The Balaban J connectivity index is 1.64. The zero-order valence-electron chi connectivity index (χ0n) is 14.2. The van der Waals surface area contributed by atoms with Gasteiger partial charge in [0, 0.05) is 30.5 Å². The number of hydrogen-bond acceptors (Lipinski definition) is 5. The van der Waals surface area contributed by atoms with E-state index in [2.05, 4.69) is 15.1 Å². The van der Waals surface area contributed by atoms with Crippen LogP contribution in [-0.4, -0.2) is 43.2 Å². The first-order valence-corrected chi connectivity index (χ1v) is 8.74. The second-order valence-corrected chi connectivity index (χ2v) is 6.72. The third-order valence-corrected chi connectivity index (χ3v) is 4.54. The highest BCUT2D eigenvalue weighted by molar-refractivity contribution is 7.99. The van der Waals surface area contributed by atoms with E-state index in [4.69, 9.17) is 0 Å². The van der Waals surface area contributed by atoms with Crippen molar-refractivity contribution in [2.24, 2.45) is 0 Å². The van der Waals surface area contributed by atoms with E-state index in [9.17, 15) is 9.18 Å². The summed E-state index contributed by atoms with van der Waals surface area (Å²) in [5, 5.41) is 4.85. The SMILES string of the molecule is Cc1cc(C)n2nc(SCC(=O)N(C)Cc3ccccc3F)nc2n1. The van der Waals surface area contributed by atoms with Crippen molar-refractivity contribution in [1.82, 2.24) is 24.5 Å². The van der Waals surface area contributed by atoms with E-state index < -0.39 is 0 Å². The predicted molar refractivity (Wildman–Crippen MR) is 93.9 cm³/mol. The Kier molecular flexibility index (Phi) is 4.98. The van der Waals surface area contributed by atoms with E-state index in [0.717, 1.165) is 11.4 Å². The van der Waals surface area contributed by atoms with Crippen LogP contribution in [0.3, 0.4) is 0 Å². The Labute approximate surface area is 149 Å². The van der Waals surface area contributed by atoms with Crippen LogP contribution < -0.4 is 0 Å². The number of fused-ring (bicyclic) bond motifs is 1. The van der Waals surface area contributed by atoms with Crippen molar-refractivity contribution in [3.05, 3.63) is 53.1 Å². The first-order chi connectivity index (χ1) is 11.9. The van der Waals surface area contributed by atoms with Crippen LogP contribution in [-0.2, 0) is 11.3 Å². The smallest absolute Gasteiger partial charge is 0.253 e. The summed E-state index contributed by atoms with van der Waals surface area (Å²) >= 11 is 1.24. The Morgan fingerprint density at radius 3 is 2.80 bits per heavy atom. The number of thioether (sulfide) groups is 1. The summed E-state index contributed by atoms with van der Waals surface area (Å²) in [6.45, 7) is 4.05. The molecule has 130 valence electrons. The van der Waals surface area contributed by atoms with E-state index in [1.807, 2.05) is 19.9 Å². The van der Waals surface area contributed by atoms with Crippen molar-refractivity contribution < 1.29 is 9.18 Å². The number of rotatable bonds is 5. The van der Waals surface area contributed by atoms with Crippen molar-refractivity contribution in [3.63, 3.8) is 0 Å². The van der Waals surface area contributed by atoms with Gasteiger partial charge in [-0.2, -0.15) is 4.98 Å². The minimum absolute atomic E-state index is 0.118. The molecule has 6 nitrogen and oxygen atoms in total. The summed E-state index contributed by atoms with van der Waals surface area (Å²) in [4.78, 5) is 22.4. The molecule has 0 aliphatic carbocycles. The summed E-state index contributed by atoms with van der Waals surface area (Å²) in [7, 11) is 1.65. The average Bonchev–Trinajstić information content (AvgIpc) is 2.98. The molecule has 0 aliphatic heterocycles. The zero-order valence-corrected chi connectivity index (χ0v) is 15.0. The lowest BCUT2D eigenvalue weighted by Gasteiger charge is -2.17. The molecule has 0 atom stereocenters. The number of carbonyl (C=O) groups excluding carboxylic acids is 1. The maximum absolute atomic E-state index is 13.7. The van der Waals surface area contributed by atoms with Gasteiger partial charge in [0.15, 0.2) is 0 Å². The molecule has 0 saturated carbocycles. The zero-order chi connectivity index (χ0) is 18.0. The first kappa shape index (κ1) is 17.3. The molecule has 0 spiro atoms. The molecule has 0 radical (unpaired) electrons. The lowest BCUT2D eigenvalue weighted by molar-refractivity contribution is -0.127. The van der Waals surface area contributed by atoms with Crippen molar-refractivity contribution in [3.8, 4) is 0 Å². The normalized spacial score (nSPS) is 11.0. The maximum Gasteiger partial charge on any atom is 0.253 e. The quantitative estimate of drug-likeness (QED) is 0.655. The molecule has 0 bridgehead atoms. The van der Waals surface area contributed by atoms with Crippen molar-refractivity contribution in [1.29, 1.82) is 0 Å². The molecule has 0 unspecified atom stereocenters. The second-order valence-electron chi connectivity index (χ2n) is 5.77. The Hall–Kier alpha value is -2.48. The molecule has 1 aromatic carbocycles. The number of aromatic nitrogens is 4. The summed E-state index contributed by atoms with van der Waals surface area (Å²) in [6.07, 6.45) is 0. The van der Waals surface area contributed by atoms with Crippen LogP contribution in [0, 0.1) is 19.7 Å². The number of hydrogen-bond donors (Lipinski definition) is 0. The van der Waals surface area contributed by atoms with Crippen molar-refractivity contribution in [2.45, 2.75) is 25.5 Å². The predicted octanol–water partition coefficient (Wildman–Crippen LogP) is 2.63. The van der Waals surface area contributed by atoms with Crippen LogP contribution in [0.15, 0.2) is 35.5 Å². The molecule has 1 amide bonds. The molecular weight excluding hydrogens is 341 g/mol. The van der Waals surface area contributed by atoms with Crippen LogP contribution in [0.25, 0.3) is 5.78 Å². The molecule has 0 N–H and O–H groups in total. The van der Waals surface area contributed by atoms with Crippen LogP contribution in [0.5, 0.6) is 0 Å². The van der Waals surface area contributed by atoms with E-state index in [0.29, 0.717) is 16.5 Å². The van der Waals surface area contributed by atoms with E-state index >= 15 is 0 Å². The Bertz CT molecular complexity index is 927. The average molecular weight is 359 g/mol. The molecule has 25 heavy (non-hydrogen) atoms. The van der Waals surface area contributed by atoms with E-state index in [1.165, 1.54) is 22.7 Å². The standard InChI is InChI=1S/C17H18FN5OS/c1-11-8-12(2)23-16(19-11)20-17(21-23)25-10-15(24)22(3)9-13-6-4-5-7-14(13)18/h4-8H,9-10H2,1-3H3. The Morgan fingerprint density at radius 2 is 2.04 bits per heavy atom. The van der Waals surface area contributed by atoms with Gasteiger partial charge in [-0.15, -0.1) is 5.10 Å². The molecule has 0 fully saturated rings. The van der Waals surface area contributed by atoms with Crippen LogP contribution >= 0.6 is 11.8 Å². The van der Waals surface area contributed by atoms with Crippen LogP contribution in [0.2, 0.25) is 0 Å². The second kappa shape index (κ2) is 7.18. The molecule has 2 heterocycles. The number of amides is 1. The summed E-state index contributed by atoms with van der Waals surface area (Å²) in [6, 6.07) is 8.36. The number of benzene rings is 1. The highest BCUT2D eigenvalue weighted by Crippen LogP contribution is 2.17. The lowest BCUT2D eigenvalue weighted by Crippen LogP contribution is -2.28. The van der Waals surface area contributed by atoms with Crippen LogP contribution in [0.1, 0.15) is 17.0 Å². The number of nitrogens with zero attached hydrogens (tertiary/aromatic N) is 5. The van der Waals surface area contributed by atoms with Gasteiger partial charge in [-0.3, -0.25) is 4.79 Å². The van der Waals surface area contributed by atoms with Gasteiger partial charge in [0.2, 0.25) is 11.1 Å². The fraction of sp³-hybridized carbons (Fsp3) is 0.294. The van der Waals surface area contributed by atoms with Gasteiger partial charge in [-0.05, 0) is 26.0 Å². The monoisotopic (exact) mass is 359 g/mol. The van der Waals surface area contributed by atoms with Gasteiger partial charge in [-0.25, -0.2) is 13.9 Å². The topological polar surface area (TPSA) is 63.4 Å².